The molecular formula is C18H20O3. The van der Waals surface area contributed by atoms with Gasteiger partial charge in [-0.3, -0.25) is 4.79 Å². The quantitative estimate of drug-likeness (QED) is 0.749. The molecule has 0 heterocycles. The maximum absolute atomic E-state index is 12.4. The number of carbonyl (C=O) groups excluding carboxylic acids is 1. The number of carbonyl (C=O) groups is 1. The summed E-state index contributed by atoms with van der Waals surface area (Å²) in [4.78, 5) is 12.4. The average Bonchev–Trinajstić information content (AvgIpc) is 2.48. The minimum absolute atomic E-state index is 0.00542. The summed E-state index contributed by atoms with van der Waals surface area (Å²) >= 11 is 0. The Bertz CT molecular complexity index is 583. The van der Waals surface area contributed by atoms with E-state index in [4.69, 9.17) is 9.47 Å². The molecule has 3 heteroatoms. The third-order valence-corrected chi connectivity index (χ3v) is 2.92. The first-order valence-electron chi connectivity index (χ1n) is 7.14. The lowest BCUT2D eigenvalue weighted by molar-refractivity contribution is 0.103. The molecule has 0 radical (unpaired) electrons. The van der Waals surface area contributed by atoms with Crippen molar-refractivity contribution in [2.75, 3.05) is 6.61 Å². The molecule has 0 amide bonds. The van der Waals surface area contributed by atoms with Gasteiger partial charge in [0.15, 0.2) is 5.78 Å². The zero-order chi connectivity index (χ0) is 15.2. The molecule has 0 unspecified atom stereocenters. The van der Waals surface area contributed by atoms with Gasteiger partial charge in [-0.1, -0.05) is 0 Å². The summed E-state index contributed by atoms with van der Waals surface area (Å²) < 4.78 is 10.9. The lowest BCUT2D eigenvalue weighted by atomic mass is 10.0. The molecule has 110 valence electrons. The largest absolute Gasteiger partial charge is 0.494 e. The first kappa shape index (κ1) is 15.1. The smallest absolute Gasteiger partial charge is 0.193 e. The van der Waals surface area contributed by atoms with E-state index < -0.39 is 0 Å². The Hall–Kier alpha value is -2.29. The van der Waals surface area contributed by atoms with Crippen LogP contribution in [0.3, 0.4) is 0 Å². The van der Waals surface area contributed by atoms with Gasteiger partial charge in [0.25, 0.3) is 0 Å². The van der Waals surface area contributed by atoms with Gasteiger partial charge in [-0.05, 0) is 69.3 Å². The van der Waals surface area contributed by atoms with Crippen molar-refractivity contribution in [3.05, 3.63) is 59.7 Å². The molecule has 0 saturated heterocycles. The Morgan fingerprint density at radius 1 is 0.905 bits per heavy atom. The van der Waals surface area contributed by atoms with E-state index in [0.717, 1.165) is 11.5 Å². The van der Waals surface area contributed by atoms with Crippen LogP contribution in [0, 0.1) is 0 Å². The highest BCUT2D eigenvalue weighted by Gasteiger charge is 2.09. The van der Waals surface area contributed by atoms with E-state index >= 15 is 0 Å². The minimum Gasteiger partial charge on any atom is -0.494 e. The second-order valence-corrected chi connectivity index (χ2v) is 4.98. The van der Waals surface area contributed by atoms with Gasteiger partial charge in [0.05, 0.1) is 12.7 Å². The molecule has 0 aromatic heterocycles. The number of ketones is 1. The average molecular weight is 284 g/mol. The summed E-state index contributed by atoms with van der Waals surface area (Å²) in [5.41, 5.74) is 1.30. The van der Waals surface area contributed by atoms with E-state index in [1.54, 1.807) is 24.3 Å². The van der Waals surface area contributed by atoms with Crippen molar-refractivity contribution >= 4 is 5.78 Å². The van der Waals surface area contributed by atoms with Crippen LogP contribution in [-0.2, 0) is 0 Å². The number of hydrogen-bond acceptors (Lipinski definition) is 3. The van der Waals surface area contributed by atoms with E-state index in [-0.39, 0.29) is 11.9 Å². The van der Waals surface area contributed by atoms with Crippen LogP contribution in [0.1, 0.15) is 36.7 Å². The molecule has 0 aliphatic carbocycles. The fraction of sp³-hybridized carbons (Fsp3) is 0.278. The van der Waals surface area contributed by atoms with Crippen molar-refractivity contribution in [1.82, 2.24) is 0 Å². The lowest BCUT2D eigenvalue weighted by Crippen LogP contribution is -2.06. The molecular weight excluding hydrogens is 264 g/mol. The fourth-order valence-corrected chi connectivity index (χ4v) is 1.99. The van der Waals surface area contributed by atoms with Gasteiger partial charge in [-0.25, -0.2) is 0 Å². The molecule has 0 N–H and O–H groups in total. The molecule has 2 aromatic carbocycles. The predicted octanol–water partition coefficient (Wildman–Crippen LogP) is 4.10. The summed E-state index contributed by atoms with van der Waals surface area (Å²) in [7, 11) is 0. The number of benzene rings is 2. The zero-order valence-electron chi connectivity index (χ0n) is 12.6. The van der Waals surface area contributed by atoms with Crippen molar-refractivity contribution < 1.29 is 14.3 Å². The van der Waals surface area contributed by atoms with Gasteiger partial charge >= 0.3 is 0 Å². The van der Waals surface area contributed by atoms with Gasteiger partial charge in [0.1, 0.15) is 11.5 Å². The maximum Gasteiger partial charge on any atom is 0.193 e. The van der Waals surface area contributed by atoms with E-state index in [0.29, 0.717) is 17.7 Å². The molecule has 2 rings (SSSR count). The van der Waals surface area contributed by atoms with Crippen LogP contribution in [0.15, 0.2) is 48.5 Å². The van der Waals surface area contributed by atoms with Crippen LogP contribution in [0.4, 0.5) is 0 Å². The maximum atomic E-state index is 12.4. The summed E-state index contributed by atoms with van der Waals surface area (Å²) in [5.74, 6) is 1.54. The van der Waals surface area contributed by atoms with Crippen LogP contribution in [0.2, 0.25) is 0 Å². The summed E-state index contributed by atoms with van der Waals surface area (Å²) in [6, 6.07) is 14.4. The number of ether oxygens (including phenoxy) is 2. The topological polar surface area (TPSA) is 35.5 Å². The van der Waals surface area contributed by atoms with Gasteiger partial charge in [-0.15, -0.1) is 0 Å². The third-order valence-electron chi connectivity index (χ3n) is 2.92. The van der Waals surface area contributed by atoms with E-state index in [9.17, 15) is 4.79 Å². The van der Waals surface area contributed by atoms with E-state index in [2.05, 4.69) is 0 Å². The molecule has 0 spiro atoms. The van der Waals surface area contributed by atoms with Crippen LogP contribution < -0.4 is 9.47 Å². The number of hydrogen-bond donors (Lipinski definition) is 0. The van der Waals surface area contributed by atoms with Gasteiger partial charge in [-0.2, -0.15) is 0 Å². The SMILES string of the molecule is CCOc1ccc(C(=O)c2ccc(OC(C)C)cc2)cc1. The molecule has 3 nitrogen and oxygen atoms in total. The van der Waals surface area contributed by atoms with E-state index in [1.807, 2.05) is 45.0 Å². The normalized spacial score (nSPS) is 10.5. The van der Waals surface area contributed by atoms with Crippen molar-refractivity contribution in [3.8, 4) is 11.5 Å². The first-order chi connectivity index (χ1) is 10.1. The highest BCUT2D eigenvalue weighted by atomic mass is 16.5. The Labute approximate surface area is 125 Å². The summed E-state index contributed by atoms with van der Waals surface area (Å²) in [6.45, 7) is 6.49. The molecule has 0 atom stereocenters. The summed E-state index contributed by atoms with van der Waals surface area (Å²) in [6.07, 6.45) is 0.123. The van der Waals surface area contributed by atoms with Gasteiger partial charge < -0.3 is 9.47 Å². The second kappa shape index (κ2) is 6.93. The van der Waals surface area contributed by atoms with Crippen molar-refractivity contribution in [1.29, 1.82) is 0 Å². The first-order valence-corrected chi connectivity index (χ1v) is 7.14. The lowest BCUT2D eigenvalue weighted by Gasteiger charge is -2.10. The van der Waals surface area contributed by atoms with Crippen LogP contribution in [-0.4, -0.2) is 18.5 Å². The fourth-order valence-electron chi connectivity index (χ4n) is 1.99. The van der Waals surface area contributed by atoms with Crippen LogP contribution in [0.5, 0.6) is 11.5 Å². The molecule has 0 saturated carbocycles. The molecule has 0 aliphatic heterocycles. The standard InChI is InChI=1S/C18H20O3/c1-4-20-16-9-5-14(6-10-16)18(19)15-7-11-17(12-8-15)21-13(2)3/h5-13H,4H2,1-3H3. The monoisotopic (exact) mass is 284 g/mol. The molecule has 2 aromatic rings. The van der Waals surface area contributed by atoms with Crippen molar-refractivity contribution in [3.63, 3.8) is 0 Å². The highest BCUT2D eigenvalue weighted by molar-refractivity contribution is 6.09. The predicted molar refractivity (Wildman–Crippen MR) is 83.2 cm³/mol. The van der Waals surface area contributed by atoms with Gasteiger partial charge in [0.2, 0.25) is 0 Å². The van der Waals surface area contributed by atoms with E-state index in [1.165, 1.54) is 0 Å². The highest BCUT2D eigenvalue weighted by Crippen LogP contribution is 2.18. The Morgan fingerprint density at radius 2 is 1.38 bits per heavy atom. The summed E-state index contributed by atoms with van der Waals surface area (Å²) in [5, 5.41) is 0. The molecule has 0 bridgehead atoms. The minimum atomic E-state index is -0.00542. The van der Waals surface area contributed by atoms with Crippen molar-refractivity contribution in [2.24, 2.45) is 0 Å². The second-order valence-electron chi connectivity index (χ2n) is 4.98. The number of rotatable bonds is 6. The zero-order valence-corrected chi connectivity index (χ0v) is 12.6. The van der Waals surface area contributed by atoms with Gasteiger partial charge in [0, 0.05) is 11.1 Å². The van der Waals surface area contributed by atoms with Crippen LogP contribution >= 0.6 is 0 Å². The Balaban J connectivity index is 2.12. The van der Waals surface area contributed by atoms with Crippen molar-refractivity contribution in [2.45, 2.75) is 26.9 Å². The molecule has 0 fully saturated rings. The molecule has 21 heavy (non-hydrogen) atoms. The Morgan fingerprint density at radius 3 is 1.81 bits per heavy atom. The molecule has 0 aliphatic rings. The Kier molecular flexibility index (Phi) is 4.99. The van der Waals surface area contributed by atoms with Crippen LogP contribution in [0.25, 0.3) is 0 Å². The third kappa shape index (κ3) is 4.09.